The number of halogens is 2. The number of aromatic nitrogens is 2. The van der Waals surface area contributed by atoms with Crippen LogP contribution in [0.3, 0.4) is 0 Å². The van der Waals surface area contributed by atoms with Crippen LogP contribution in [0, 0.1) is 29.5 Å². The standard InChI is InChI=1S/C31H35ClFN5O4S/c1-19-14-24(25(15-19)30(40)38-28-7-5-23(32)17-35-28)29(39)37-27-16-22(4-6-26(27)33)31(36-18-43(41)42,11-8-20-2-3-20)21-9-12-34-13-10-21/h4-7,9-10,12-13,16-17,19-20,24-25,36H,2-3,8,11,14-15,18H2,1H3,(H,37,39)(H,41,42)(H,35,38,40)/t19-,24+,25?,31?/m1/s1. The average molecular weight is 628 g/mol. The van der Waals surface area contributed by atoms with Crippen LogP contribution in [-0.4, -0.2) is 36.4 Å². The maximum atomic E-state index is 15.3. The van der Waals surface area contributed by atoms with Crippen LogP contribution < -0.4 is 16.0 Å². The Balaban J connectivity index is 1.42. The highest BCUT2D eigenvalue weighted by molar-refractivity contribution is 7.79. The Bertz CT molecular complexity index is 1480. The summed E-state index contributed by atoms with van der Waals surface area (Å²) in [7, 11) is 0. The molecule has 228 valence electrons. The second-order valence-corrected chi connectivity index (χ2v) is 13.0. The van der Waals surface area contributed by atoms with E-state index in [0.717, 1.165) is 24.8 Å². The second-order valence-electron chi connectivity index (χ2n) is 11.6. The fourth-order valence-corrected chi connectivity index (χ4v) is 6.53. The van der Waals surface area contributed by atoms with Crippen LogP contribution in [0.2, 0.25) is 5.02 Å². The summed E-state index contributed by atoms with van der Waals surface area (Å²) in [6, 6.07) is 11.4. The number of nitrogens with zero attached hydrogens (tertiary/aromatic N) is 2. The monoisotopic (exact) mass is 627 g/mol. The van der Waals surface area contributed by atoms with Gasteiger partial charge in [0, 0.05) is 18.6 Å². The van der Waals surface area contributed by atoms with E-state index in [1.807, 2.05) is 19.1 Å². The molecule has 0 spiro atoms. The van der Waals surface area contributed by atoms with Crippen LogP contribution >= 0.6 is 11.6 Å². The molecule has 43 heavy (non-hydrogen) atoms. The number of anilines is 2. The minimum atomic E-state index is -2.13. The lowest BCUT2D eigenvalue weighted by Gasteiger charge is -2.36. The van der Waals surface area contributed by atoms with Crippen LogP contribution in [0.5, 0.6) is 0 Å². The van der Waals surface area contributed by atoms with Crippen molar-refractivity contribution in [3.8, 4) is 0 Å². The van der Waals surface area contributed by atoms with E-state index in [-0.39, 0.29) is 23.4 Å². The molecule has 5 atom stereocenters. The van der Waals surface area contributed by atoms with Gasteiger partial charge in [-0.05, 0) is 85.0 Å². The number of hydrogen-bond acceptors (Lipinski definition) is 6. The summed E-state index contributed by atoms with van der Waals surface area (Å²) in [5.74, 6) is -1.86. The number of pyridine rings is 2. The molecule has 4 N–H and O–H groups in total. The summed E-state index contributed by atoms with van der Waals surface area (Å²) in [5.41, 5.74) is 0.517. The summed E-state index contributed by atoms with van der Waals surface area (Å²) in [6.45, 7) is 1.98. The minimum Gasteiger partial charge on any atom is -0.323 e. The zero-order valence-electron chi connectivity index (χ0n) is 23.8. The van der Waals surface area contributed by atoms with Gasteiger partial charge >= 0.3 is 0 Å². The van der Waals surface area contributed by atoms with E-state index in [1.54, 1.807) is 36.7 Å². The molecule has 2 amide bonds. The summed E-state index contributed by atoms with van der Waals surface area (Å²) < 4.78 is 36.7. The zero-order chi connectivity index (χ0) is 30.6. The van der Waals surface area contributed by atoms with Crippen molar-refractivity contribution in [3.63, 3.8) is 0 Å². The van der Waals surface area contributed by atoms with Crippen molar-refractivity contribution in [1.82, 2.24) is 15.3 Å². The molecule has 2 heterocycles. The van der Waals surface area contributed by atoms with Crippen molar-refractivity contribution in [2.45, 2.75) is 51.0 Å². The molecule has 2 aliphatic rings. The largest absolute Gasteiger partial charge is 0.323 e. The number of benzene rings is 1. The lowest BCUT2D eigenvalue weighted by molar-refractivity contribution is -0.128. The molecule has 12 heteroatoms. The Morgan fingerprint density at radius 2 is 1.74 bits per heavy atom. The van der Waals surface area contributed by atoms with Gasteiger partial charge in [-0.3, -0.25) is 19.9 Å². The highest BCUT2D eigenvalue weighted by atomic mass is 35.5. The average Bonchev–Trinajstić information content (AvgIpc) is 3.74. The minimum absolute atomic E-state index is 0.0163. The van der Waals surface area contributed by atoms with Gasteiger partial charge in [0.2, 0.25) is 11.8 Å². The maximum absolute atomic E-state index is 15.3. The lowest BCUT2D eigenvalue weighted by Crippen LogP contribution is -2.45. The molecule has 1 aromatic carbocycles. The van der Waals surface area contributed by atoms with Gasteiger partial charge in [-0.2, -0.15) is 0 Å². The van der Waals surface area contributed by atoms with Crippen molar-refractivity contribution in [2.24, 2.45) is 23.7 Å². The normalized spacial score (nSPS) is 22.0. The van der Waals surface area contributed by atoms with E-state index < -0.39 is 40.2 Å². The summed E-state index contributed by atoms with van der Waals surface area (Å²) in [6.07, 6.45) is 9.44. The number of nitrogens with one attached hydrogen (secondary N) is 3. The van der Waals surface area contributed by atoms with Gasteiger partial charge in [0.05, 0.1) is 34.0 Å². The Kier molecular flexibility index (Phi) is 9.85. The van der Waals surface area contributed by atoms with Crippen molar-refractivity contribution in [3.05, 3.63) is 83.0 Å². The van der Waals surface area contributed by atoms with Crippen molar-refractivity contribution < 1.29 is 22.7 Å². The van der Waals surface area contributed by atoms with Gasteiger partial charge in [-0.25, -0.2) is 13.6 Å². The van der Waals surface area contributed by atoms with Crippen LogP contribution in [0.4, 0.5) is 15.9 Å². The Hall–Kier alpha value is -3.25. The topological polar surface area (TPSA) is 133 Å². The van der Waals surface area contributed by atoms with E-state index in [1.165, 1.54) is 12.3 Å². The van der Waals surface area contributed by atoms with Crippen molar-refractivity contribution in [2.75, 3.05) is 16.5 Å². The molecular formula is C31H35ClFN5O4S. The fraction of sp³-hybridized carbons (Fsp3) is 0.419. The van der Waals surface area contributed by atoms with E-state index in [4.69, 9.17) is 11.6 Å². The molecule has 2 aromatic heterocycles. The van der Waals surface area contributed by atoms with Crippen LogP contribution in [-0.2, 0) is 26.2 Å². The lowest BCUT2D eigenvalue weighted by atomic mass is 9.78. The first-order valence-corrected chi connectivity index (χ1v) is 16.1. The van der Waals surface area contributed by atoms with E-state index in [2.05, 4.69) is 25.9 Å². The smallest absolute Gasteiger partial charge is 0.229 e. The number of rotatable bonds is 12. The number of amides is 2. The molecule has 0 bridgehead atoms. The van der Waals surface area contributed by atoms with Crippen molar-refractivity contribution in [1.29, 1.82) is 0 Å². The summed E-state index contributed by atoms with van der Waals surface area (Å²) in [4.78, 5) is 35.0. The number of carbonyl (C=O) groups is 2. The Labute approximate surface area is 257 Å². The molecule has 0 radical (unpaired) electrons. The van der Waals surface area contributed by atoms with Crippen LogP contribution in [0.15, 0.2) is 61.1 Å². The number of carbonyl (C=O) groups excluding carboxylic acids is 2. The highest BCUT2D eigenvalue weighted by Crippen LogP contribution is 2.42. The third-order valence-electron chi connectivity index (χ3n) is 8.46. The van der Waals surface area contributed by atoms with Gasteiger partial charge in [0.15, 0.2) is 11.1 Å². The van der Waals surface area contributed by atoms with Gasteiger partial charge in [0.25, 0.3) is 0 Å². The van der Waals surface area contributed by atoms with Gasteiger partial charge < -0.3 is 15.2 Å². The molecule has 5 rings (SSSR count). The van der Waals surface area contributed by atoms with E-state index in [9.17, 15) is 18.4 Å². The molecular weight excluding hydrogens is 593 g/mol. The summed E-state index contributed by atoms with van der Waals surface area (Å²) >= 11 is 3.77. The van der Waals surface area contributed by atoms with Gasteiger partial charge in [-0.1, -0.05) is 37.4 Å². The Morgan fingerprint density at radius 3 is 2.37 bits per heavy atom. The van der Waals surface area contributed by atoms with E-state index >= 15 is 4.39 Å². The predicted octanol–water partition coefficient (Wildman–Crippen LogP) is 5.71. The van der Waals surface area contributed by atoms with Crippen LogP contribution in [0.1, 0.15) is 56.6 Å². The SMILES string of the molecule is C[C@H]1CC(C(=O)Nc2ccc(Cl)cn2)[C@@H](C(=O)Nc2cc(C(CCC3CC3)(NCS(=O)O)c3ccncc3)ccc2F)C1. The third kappa shape index (κ3) is 7.64. The molecule has 9 nitrogen and oxygen atoms in total. The first-order chi connectivity index (χ1) is 20.6. The van der Waals surface area contributed by atoms with Gasteiger partial charge in [-0.15, -0.1) is 0 Å². The first-order valence-electron chi connectivity index (χ1n) is 14.4. The van der Waals surface area contributed by atoms with E-state index in [0.29, 0.717) is 41.6 Å². The number of hydrogen-bond donors (Lipinski definition) is 4. The van der Waals surface area contributed by atoms with Crippen molar-refractivity contribution >= 4 is 46.0 Å². The molecule has 0 saturated heterocycles. The predicted molar refractivity (Wildman–Crippen MR) is 164 cm³/mol. The molecule has 2 saturated carbocycles. The quantitative estimate of drug-likeness (QED) is 0.189. The first kappa shape index (κ1) is 31.2. The molecule has 3 unspecified atom stereocenters. The zero-order valence-corrected chi connectivity index (χ0v) is 25.3. The molecule has 2 fully saturated rings. The Morgan fingerprint density at radius 1 is 1.05 bits per heavy atom. The molecule has 3 aromatic rings. The fourth-order valence-electron chi connectivity index (χ4n) is 6.05. The second kappa shape index (κ2) is 13.6. The third-order valence-corrected chi connectivity index (χ3v) is 9.08. The highest BCUT2D eigenvalue weighted by Gasteiger charge is 2.42. The maximum Gasteiger partial charge on any atom is 0.229 e. The molecule has 0 aliphatic heterocycles. The summed E-state index contributed by atoms with van der Waals surface area (Å²) in [5, 5.41) is 9.24. The molecule has 2 aliphatic carbocycles. The van der Waals surface area contributed by atoms with Crippen LogP contribution in [0.25, 0.3) is 0 Å². The van der Waals surface area contributed by atoms with Gasteiger partial charge in [0.1, 0.15) is 11.6 Å².